The van der Waals surface area contributed by atoms with Crippen LogP contribution in [0, 0.1) is 0 Å². The van der Waals surface area contributed by atoms with Crippen molar-refractivity contribution in [2.45, 2.75) is 16.8 Å². The number of fused-ring (bicyclic) bond motifs is 2. The molecule has 24 heavy (non-hydrogen) atoms. The maximum absolute atomic E-state index is 12.7. The average Bonchev–Trinajstić information content (AvgIpc) is 3.14. The summed E-state index contributed by atoms with van der Waals surface area (Å²) in [6.45, 7) is 0. The molecule has 2 aromatic carbocycles. The number of ketones is 1. The first-order chi connectivity index (χ1) is 11.7. The standard InChI is InChI=1S/C18H16N2O3S/c1-22-14-7-10-8-16(17(21)11(10)9-15(14)23-2)24-18-19-12-5-3-4-6-13(12)20-18/h3-7,9,16H,8H2,1-2H3,(H,19,20). The molecule has 0 radical (unpaired) electrons. The molecule has 1 N–H and O–H groups in total. The molecular weight excluding hydrogens is 324 g/mol. The first kappa shape index (κ1) is 15.1. The van der Waals surface area contributed by atoms with Crippen molar-refractivity contribution < 1.29 is 14.3 Å². The molecule has 5 nitrogen and oxygen atoms in total. The van der Waals surface area contributed by atoms with Crippen molar-refractivity contribution >= 4 is 28.6 Å². The predicted octanol–water partition coefficient (Wildman–Crippen LogP) is 3.48. The van der Waals surface area contributed by atoms with E-state index >= 15 is 0 Å². The smallest absolute Gasteiger partial charge is 0.177 e. The molecule has 0 fully saturated rings. The Balaban J connectivity index is 1.62. The number of rotatable bonds is 4. The van der Waals surface area contributed by atoms with Crippen LogP contribution in [-0.2, 0) is 6.42 Å². The summed E-state index contributed by atoms with van der Waals surface area (Å²) in [5, 5.41) is 0.582. The fourth-order valence-electron chi connectivity index (χ4n) is 3.00. The third-order valence-electron chi connectivity index (χ3n) is 4.19. The van der Waals surface area contributed by atoms with Gasteiger partial charge in [0.25, 0.3) is 0 Å². The van der Waals surface area contributed by atoms with Crippen molar-refractivity contribution in [2.75, 3.05) is 14.2 Å². The number of methoxy groups -OCH3 is 2. The molecule has 4 rings (SSSR count). The number of thioether (sulfide) groups is 1. The number of aromatic amines is 1. The maximum atomic E-state index is 12.7. The largest absolute Gasteiger partial charge is 0.493 e. The fraction of sp³-hybridized carbons (Fsp3) is 0.222. The zero-order valence-corrected chi connectivity index (χ0v) is 14.1. The van der Waals surface area contributed by atoms with Gasteiger partial charge in [-0.15, -0.1) is 0 Å². The molecule has 0 bridgehead atoms. The Labute approximate surface area is 143 Å². The molecule has 1 aliphatic carbocycles. The first-order valence-corrected chi connectivity index (χ1v) is 8.48. The number of benzene rings is 2. The Morgan fingerprint density at radius 3 is 2.67 bits per heavy atom. The van der Waals surface area contributed by atoms with Gasteiger partial charge in [0.15, 0.2) is 22.4 Å². The minimum atomic E-state index is -0.183. The lowest BCUT2D eigenvalue weighted by Gasteiger charge is -2.09. The molecule has 0 aliphatic heterocycles. The number of Topliss-reactive ketones (excluding diaryl/α,β-unsaturated/α-hetero) is 1. The van der Waals surface area contributed by atoms with Crippen molar-refractivity contribution in [2.24, 2.45) is 0 Å². The number of nitrogens with zero attached hydrogens (tertiary/aromatic N) is 1. The second-order valence-electron chi connectivity index (χ2n) is 5.60. The molecule has 6 heteroatoms. The van der Waals surface area contributed by atoms with E-state index in [1.807, 2.05) is 30.3 Å². The van der Waals surface area contributed by atoms with E-state index in [-0.39, 0.29) is 11.0 Å². The SMILES string of the molecule is COc1cc2c(cc1OC)C(=O)C(Sc1nc3ccccc3[nH]1)C2. The minimum Gasteiger partial charge on any atom is -0.493 e. The van der Waals surface area contributed by atoms with Crippen LogP contribution in [0.25, 0.3) is 11.0 Å². The number of imidazole rings is 1. The molecule has 1 aromatic heterocycles. The van der Waals surface area contributed by atoms with E-state index < -0.39 is 0 Å². The fourth-order valence-corrected chi connectivity index (χ4v) is 4.09. The summed E-state index contributed by atoms with van der Waals surface area (Å²) in [4.78, 5) is 20.5. The molecular formula is C18H16N2O3S. The Morgan fingerprint density at radius 2 is 1.92 bits per heavy atom. The lowest BCUT2D eigenvalue weighted by molar-refractivity contribution is 0.1000. The van der Waals surface area contributed by atoms with Crippen LogP contribution in [0.2, 0.25) is 0 Å². The van der Waals surface area contributed by atoms with Gasteiger partial charge in [-0.25, -0.2) is 4.98 Å². The Kier molecular flexibility index (Phi) is 3.69. The molecule has 1 atom stereocenters. The summed E-state index contributed by atoms with van der Waals surface area (Å²) in [6.07, 6.45) is 0.663. The van der Waals surface area contributed by atoms with Gasteiger partial charge in [0.2, 0.25) is 0 Å². The number of hydrogen-bond acceptors (Lipinski definition) is 5. The van der Waals surface area contributed by atoms with E-state index in [1.54, 1.807) is 20.3 Å². The van der Waals surface area contributed by atoms with E-state index in [0.717, 1.165) is 21.8 Å². The lowest BCUT2D eigenvalue weighted by atomic mass is 10.1. The van der Waals surface area contributed by atoms with E-state index in [9.17, 15) is 4.79 Å². The number of H-pyrrole nitrogens is 1. The summed E-state index contributed by atoms with van der Waals surface area (Å²) < 4.78 is 10.6. The number of aromatic nitrogens is 2. The van der Waals surface area contributed by atoms with Crippen molar-refractivity contribution in [3.05, 3.63) is 47.5 Å². The third kappa shape index (κ3) is 2.43. The van der Waals surface area contributed by atoms with Crippen molar-refractivity contribution in [3.8, 4) is 11.5 Å². The second-order valence-corrected chi connectivity index (χ2v) is 6.79. The monoisotopic (exact) mass is 340 g/mol. The molecule has 0 spiro atoms. The van der Waals surface area contributed by atoms with Gasteiger partial charge in [-0.2, -0.15) is 0 Å². The quantitative estimate of drug-likeness (QED) is 0.788. The van der Waals surface area contributed by atoms with Gasteiger partial charge in [-0.3, -0.25) is 4.79 Å². The summed E-state index contributed by atoms with van der Waals surface area (Å²) in [5.41, 5.74) is 3.59. The number of carbonyl (C=O) groups excluding carboxylic acids is 1. The number of para-hydroxylation sites is 2. The highest BCUT2D eigenvalue weighted by Crippen LogP contribution is 2.39. The molecule has 1 aliphatic rings. The van der Waals surface area contributed by atoms with E-state index in [2.05, 4.69) is 9.97 Å². The van der Waals surface area contributed by atoms with Crippen LogP contribution in [0.1, 0.15) is 15.9 Å². The van der Waals surface area contributed by atoms with E-state index in [0.29, 0.717) is 23.5 Å². The number of carbonyl (C=O) groups is 1. The van der Waals surface area contributed by atoms with Gasteiger partial charge >= 0.3 is 0 Å². The molecule has 0 amide bonds. The van der Waals surface area contributed by atoms with Gasteiger partial charge in [-0.05, 0) is 36.2 Å². The van der Waals surface area contributed by atoms with Crippen molar-refractivity contribution in [1.82, 2.24) is 9.97 Å². The summed E-state index contributed by atoms with van der Waals surface area (Å²) in [6, 6.07) is 11.5. The Bertz CT molecular complexity index is 902. The molecule has 122 valence electrons. The van der Waals surface area contributed by atoms with Gasteiger partial charge in [0.05, 0.1) is 30.5 Å². The van der Waals surface area contributed by atoms with Crippen molar-refractivity contribution in [1.29, 1.82) is 0 Å². The minimum absolute atomic E-state index is 0.108. The topological polar surface area (TPSA) is 64.2 Å². The summed E-state index contributed by atoms with van der Waals surface area (Å²) >= 11 is 1.47. The highest BCUT2D eigenvalue weighted by Gasteiger charge is 2.33. The number of hydrogen-bond donors (Lipinski definition) is 1. The second kappa shape index (κ2) is 5.87. The number of nitrogens with one attached hydrogen (secondary N) is 1. The molecule has 1 heterocycles. The predicted molar refractivity (Wildman–Crippen MR) is 93.3 cm³/mol. The normalized spacial score (nSPS) is 16.4. The highest BCUT2D eigenvalue weighted by molar-refractivity contribution is 8.00. The van der Waals surface area contributed by atoms with Crippen LogP contribution >= 0.6 is 11.8 Å². The first-order valence-electron chi connectivity index (χ1n) is 7.60. The zero-order chi connectivity index (χ0) is 16.7. The lowest BCUT2D eigenvalue weighted by Crippen LogP contribution is -2.11. The molecule has 0 saturated heterocycles. The Morgan fingerprint density at radius 1 is 1.17 bits per heavy atom. The zero-order valence-electron chi connectivity index (χ0n) is 13.3. The van der Waals surface area contributed by atoms with Crippen LogP contribution in [0.3, 0.4) is 0 Å². The van der Waals surface area contributed by atoms with Gasteiger partial charge in [0.1, 0.15) is 0 Å². The molecule has 3 aromatic rings. The van der Waals surface area contributed by atoms with Crippen LogP contribution < -0.4 is 9.47 Å². The van der Waals surface area contributed by atoms with E-state index in [1.165, 1.54) is 11.8 Å². The van der Waals surface area contributed by atoms with Crippen LogP contribution in [0.15, 0.2) is 41.6 Å². The van der Waals surface area contributed by atoms with Gasteiger partial charge in [-0.1, -0.05) is 23.9 Å². The van der Waals surface area contributed by atoms with E-state index in [4.69, 9.17) is 9.47 Å². The molecule has 1 unspecified atom stereocenters. The summed E-state index contributed by atoms with van der Waals surface area (Å²) in [7, 11) is 3.17. The Hall–Kier alpha value is -2.47. The van der Waals surface area contributed by atoms with Gasteiger partial charge < -0.3 is 14.5 Å². The maximum Gasteiger partial charge on any atom is 0.177 e. The third-order valence-corrected chi connectivity index (χ3v) is 5.28. The summed E-state index contributed by atoms with van der Waals surface area (Å²) in [5.74, 6) is 1.34. The average molecular weight is 340 g/mol. The van der Waals surface area contributed by atoms with Crippen LogP contribution in [-0.4, -0.2) is 35.2 Å². The van der Waals surface area contributed by atoms with Crippen LogP contribution in [0.4, 0.5) is 0 Å². The number of ether oxygens (including phenoxy) is 2. The van der Waals surface area contributed by atoms with Crippen LogP contribution in [0.5, 0.6) is 11.5 Å². The molecule has 0 saturated carbocycles. The van der Waals surface area contributed by atoms with Crippen molar-refractivity contribution in [3.63, 3.8) is 0 Å². The van der Waals surface area contributed by atoms with Gasteiger partial charge in [0, 0.05) is 5.56 Å². The highest BCUT2D eigenvalue weighted by atomic mass is 32.2.